The first-order valence-electron chi connectivity index (χ1n) is 9.20. The summed E-state index contributed by atoms with van der Waals surface area (Å²) in [4.78, 5) is 22.6. The molecule has 1 aromatic carbocycles. The van der Waals surface area contributed by atoms with Crippen molar-refractivity contribution in [2.24, 2.45) is 0 Å². The van der Waals surface area contributed by atoms with E-state index in [2.05, 4.69) is 47.7 Å². The molecule has 0 atom stereocenters. The molecule has 2 aromatic heterocycles. The average molecular weight is 400 g/mol. The summed E-state index contributed by atoms with van der Waals surface area (Å²) in [7, 11) is 0. The number of amides is 1. The van der Waals surface area contributed by atoms with Crippen molar-refractivity contribution in [1.29, 1.82) is 0 Å². The number of hydrogen-bond donors (Lipinski definition) is 0. The highest BCUT2D eigenvalue weighted by Gasteiger charge is 2.20. The second-order valence-corrected chi connectivity index (χ2v) is 8.21. The Morgan fingerprint density at radius 2 is 1.89 bits per heavy atom. The molecule has 0 aliphatic heterocycles. The zero-order valence-corrected chi connectivity index (χ0v) is 17.6. The number of para-hydroxylation sites is 1. The number of aromatic nitrogens is 1. The minimum absolute atomic E-state index is 0.0114. The molecule has 27 heavy (non-hydrogen) atoms. The maximum atomic E-state index is 12.4. The summed E-state index contributed by atoms with van der Waals surface area (Å²) in [5.74, 6) is -0.0114. The van der Waals surface area contributed by atoms with Gasteiger partial charge in [-0.15, -0.1) is 22.7 Å². The van der Waals surface area contributed by atoms with Crippen LogP contribution in [0.1, 0.15) is 36.9 Å². The predicted octanol–water partition coefficient (Wildman–Crippen LogP) is 5.47. The van der Waals surface area contributed by atoms with E-state index in [1.807, 2.05) is 18.2 Å². The maximum Gasteiger partial charge on any atom is 0.230 e. The number of nitrogens with zero attached hydrogens (tertiary/aromatic N) is 3. The lowest BCUT2D eigenvalue weighted by Crippen LogP contribution is -2.24. The lowest BCUT2D eigenvalue weighted by Gasteiger charge is -2.21. The van der Waals surface area contributed by atoms with Crippen molar-refractivity contribution in [3.8, 4) is 0 Å². The van der Waals surface area contributed by atoms with Gasteiger partial charge in [0.25, 0.3) is 0 Å². The van der Waals surface area contributed by atoms with Crippen LogP contribution in [0.2, 0.25) is 0 Å². The molecule has 0 saturated carbocycles. The third-order valence-electron chi connectivity index (χ3n) is 4.45. The first-order chi connectivity index (χ1) is 13.1. The number of thiophene rings is 1. The fraction of sp³-hybridized carbons (Fsp3) is 0.333. The van der Waals surface area contributed by atoms with Gasteiger partial charge < -0.3 is 0 Å². The van der Waals surface area contributed by atoms with Crippen LogP contribution < -0.4 is 4.90 Å². The summed E-state index contributed by atoms with van der Waals surface area (Å²) >= 11 is 3.31. The number of carbonyl (C=O) groups is 1. The highest BCUT2D eigenvalue weighted by molar-refractivity contribution is 7.14. The molecule has 3 rings (SSSR count). The van der Waals surface area contributed by atoms with Crippen LogP contribution >= 0.6 is 22.7 Å². The second kappa shape index (κ2) is 9.26. The largest absolute Gasteiger partial charge is 0.293 e. The Morgan fingerprint density at radius 1 is 1.07 bits per heavy atom. The number of thiazole rings is 1. The van der Waals surface area contributed by atoms with Gasteiger partial charge in [-0.2, -0.15) is 0 Å². The number of anilines is 2. The molecule has 0 aliphatic rings. The molecule has 0 spiro atoms. The third kappa shape index (κ3) is 4.83. The van der Waals surface area contributed by atoms with Crippen LogP contribution in [0, 0.1) is 0 Å². The van der Waals surface area contributed by atoms with Gasteiger partial charge in [0.2, 0.25) is 5.91 Å². The first-order valence-corrected chi connectivity index (χ1v) is 11.0. The van der Waals surface area contributed by atoms with Crippen molar-refractivity contribution >= 4 is 39.4 Å². The summed E-state index contributed by atoms with van der Waals surface area (Å²) in [6.45, 7) is 8.54. The van der Waals surface area contributed by atoms with Crippen LogP contribution in [0.15, 0.2) is 47.2 Å². The molecule has 2 heterocycles. The van der Waals surface area contributed by atoms with Gasteiger partial charge in [0.05, 0.1) is 11.4 Å². The van der Waals surface area contributed by atoms with E-state index in [1.54, 1.807) is 23.2 Å². The second-order valence-electron chi connectivity index (χ2n) is 6.34. The van der Waals surface area contributed by atoms with E-state index in [1.165, 1.54) is 16.2 Å². The zero-order chi connectivity index (χ0) is 19.2. The monoisotopic (exact) mass is 399 g/mol. The van der Waals surface area contributed by atoms with Gasteiger partial charge in [-0.25, -0.2) is 4.98 Å². The van der Waals surface area contributed by atoms with Crippen LogP contribution in [0.4, 0.5) is 10.8 Å². The molecule has 142 valence electrons. The molecule has 0 radical (unpaired) electrons. The van der Waals surface area contributed by atoms with Gasteiger partial charge in [-0.05, 0) is 36.0 Å². The average Bonchev–Trinajstić information content (AvgIpc) is 3.34. The van der Waals surface area contributed by atoms with Crippen molar-refractivity contribution < 1.29 is 4.79 Å². The Hall–Kier alpha value is -2.02. The van der Waals surface area contributed by atoms with Crippen LogP contribution in [-0.2, 0) is 24.3 Å². The summed E-state index contributed by atoms with van der Waals surface area (Å²) in [6, 6.07) is 12.3. The standard InChI is InChI=1S/C21H25N3OS2/c1-4-17-9-6-7-11-20(17)24(16(3)25)21-22-18(15-27-21)13-23(5-2)14-19-10-8-12-26-19/h6-12,15H,4-5,13-14H2,1-3H3. The third-order valence-corrected chi connectivity index (χ3v) is 6.19. The Kier molecular flexibility index (Phi) is 6.77. The summed E-state index contributed by atoms with van der Waals surface area (Å²) in [6.07, 6.45) is 0.878. The quantitative estimate of drug-likeness (QED) is 0.504. The Morgan fingerprint density at radius 3 is 2.56 bits per heavy atom. The molecule has 0 fully saturated rings. The molecule has 1 amide bonds. The molecule has 6 heteroatoms. The van der Waals surface area contributed by atoms with E-state index in [4.69, 9.17) is 4.98 Å². The molecule has 0 N–H and O–H groups in total. The lowest BCUT2D eigenvalue weighted by molar-refractivity contribution is -0.115. The van der Waals surface area contributed by atoms with Gasteiger partial charge in [0, 0.05) is 30.3 Å². The minimum Gasteiger partial charge on any atom is -0.293 e. The van der Waals surface area contributed by atoms with Crippen LogP contribution in [0.3, 0.4) is 0 Å². The molecule has 0 saturated heterocycles. The van der Waals surface area contributed by atoms with Crippen LogP contribution in [-0.4, -0.2) is 22.3 Å². The SMILES string of the molecule is CCc1ccccc1N(C(C)=O)c1nc(CN(CC)Cc2cccs2)cs1. The molecule has 0 aliphatic carbocycles. The summed E-state index contributed by atoms with van der Waals surface area (Å²) in [5.41, 5.74) is 3.09. The first kappa shape index (κ1) is 19.7. The molecular weight excluding hydrogens is 374 g/mol. The molecule has 4 nitrogen and oxygen atoms in total. The minimum atomic E-state index is -0.0114. The zero-order valence-electron chi connectivity index (χ0n) is 16.0. The topological polar surface area (TPSA) is 36.4 Å². The molecular formula is C21H25N3OS2. The molecule has 3 aromatic rings. The van der Waals surface area contributed by atoms with E-state index >= 15 is 0 Å². The van der Waals surface area contributed by atoms with E-state index in [-0.39, 0.29) is 5.91 Å². The van der Waals surface area contributed by atoms with E-state index in [0.29, 0.717) is 0 Å². The van der Waals surface area contributed by atoms with E-state index in [9.17, 15) is 4.79 Å². The van der Waals surface area contributed by atoms with Gasteiger partial charge in [-0.1, -0.05) is 38.1 Å². The number of rotatable bonds is 8. The Balaban J connectivity index is 1.80. The predicted molar refractivity (Wildman–Crippen MR) is 115 cm³/mol. The lowest BCUT2D eigenvalue weighted by atomic mass is 10.1. The van der Waals surface area contributed by atoms with Crippen LogP contribution in [0.25, 0.3) is 0 Å². The van der Waals surface area contributed by atoms with Crippen molar-refractivity contribution in [3.05, 3.63) is 63.3 Å². The van der Waals surface area contributed by atoms with Crippen molar-refractivity contribution in [2.75, 3.05) is 11.4 Å². The maximum absolute atomic E-state index is 12.4. The smallest absolute Gasteiger partial charge is 0.230 e. The van der Waals surface area contributed by atoms with Gasteiger partial charge in [0.1, 0.15) is 0 Å². The fourth-order valence-electron chi connectivity index (χ4n) is 3.04. The van der Waals surface area contributed by atoms with Gasteiger partial charge >= 0.3 is 0 Å². The van der Waals surface area contributed by atoms with Crippen molar-refractivity contribution in [2.45, 2.75) is 40.3 Å². The summed E-state index contributed by atoms with van der Waals surface area (Å²) < 4.78 is 0. The number of carbonyl (C=O) groups excluding carboxylic acids is 1. The van der Waals surface area contributed by atoms with Crippen LogP contribution in [0.5, 0.6) is 0 Å². The highest BCUT2D eigenvalue weighted by atomic mass is 32.1. The van der Waals surface area contributed by atoms with Gasteiger partial charge in [0.15, 0.2) is 5.13 Å². The van der Waals surface area contributed by atoms with Crippen molar-refractivity contribution in [3.63, 3.8) is 0 Å². The fourth-order valence-corrected chi connectivity index (χ4v) is 4.66. The van der Waals surface area contributed by atoms with Gasteiger partial charge in [-0.3, -0.25) is 14.6 Å². The Labute approximate surface area is 169 Å². The highest BCUT2D eigenvalue weighted by Crippen LogP contribution is 2.32. The number of hydrogen-bond acceptors (Lipinski definition) is 5. The number of aryl methyl sites for hydroxylation is 1. The van der Waals surface area contributed by atoms with Crippen molar-refractivity contribution in [1.82, 2.24) is 9.88 Å². The summed E-state index contributed by atoms with van der Waals surface area (Å²) in [5, 5.41) is 4.92. The molecule has 0 bridgehead atoms. The molecule has 0 unspecified atom stereocenters. The van der Waals surface area contributed by atoms with E-state index < -0.39 is 0 Å². The number of benzene rings is 1. The normalized spacial score (nSPS) is 11.1. The van der Waals surface area contributed by atoms with E-state index in [0.717, 1.165) is 48.1 Å². The Bertz CT molecular complexity index is 873.